The summed E-state index contributed by atoms with van der Waals surface area (Å²) in [5, 5.41) is 0. The van der Waals surface area contributed by atoms with E-state index in [4.69, 9.17) is 0 Å². The highest BCUT2D eigenvalue weighted by atomic mass is 15.1. The van der Waals surface area contributed by atoms with E-state index in [0.29, 0.717) is 0 Å². The Hall–Kier alpha value is -2.54. The first kappa shape index (κ1) is 15.4. The minimum absolute atomic E-state index is 0.0288. The maximum Gasteiger partial charge on any atom is 0.0411 e. The molecule has 1 aliphatic carbocycles. The first-order valence-electron chi connectivity index (χ1n) is 7.93. The average molecular weight is 301 g/mol. The lowest BCUT2D eigenvalue weighted by atomic mass is 9.82. The number of fused-ring (bicyclic) bond motifs is 3. The molecular formula is C22H23N. The van der Waals surface area contributed by atoms with Crippen LogP contribution in [0.1, 0.15) is 25.0 Å². The van der Waals surface area contributed by atoms with Gasteiger partial charge in [-0.1, -0.05) is 69.5 Å². The van der Waals surface area contributed by atoms with Crippen molar-refractivity contribution in [2.24, 2.45) is 0 Å². The summed E-state index contributed by atoms with van der Waals surface area (Å²) in [4.78, 5) is 2.11. The van der Waals surface area contributed by atoms with E-state index in [-0.39, 0.29) is 5.41 Å². The number of nitrogens with zero attached hydrogens (tertiary/aromatic N) is 1. The highest BCUT2D eigenvalue weighted by Crippen LogP contribution is 2.49. The summed E-state index contributed by atoms with van der Waals surface area (Å²) in [5.74, 6) is 0. The quantitative estimate of drug-likeness (QED) is 0.656. The molecule has 0 saturated carbocycles. The van der Waals surface area contributed by atoms with Crippen molar-refractivity contribution in [1.29, 1.82) is 0 Å². The van der Waals surface area contributed by atoms with Gasteiger partial charge in [0.1, 0.15) is 0 Å². The van der Waals surface area contributed by atoms with Crippen molar-refractivity contribution >= 4 is 5.69 Å². The van der Waals surface area contributed by atoms with Gasteiger partial charge in [0.2, 0.25) is 0 Å². The largest absolute Gasteiger partial charge is 0.345 e. The van der Waals surface area contributed by atoms with E-state index >= 15 is 0 Å². The molecule has 0 saturated heterocycles. The lowest BCUT2D eigenvalue weighted by Gasteiger charge is -2.25. The van der Waals surface area contributed by atoms with Crippen molar-refractivity contribution in [1.82, 2.24) is 0 Å². The molecule has 0 fully saturated rings. The summed E-state index contributed by atoms with van der Waals surface area (Å²) in [5.41, 5.74) is 7.61. The number of likely N-dealkylation sites (N-methyl/N-ethyl adjacent to an activating group) is 1. The molecule has 0 radical (unpaired) electrons. The monoisotopic (exact) mass is 301 g/mol. The van der Waals surface area contributed by atoms with Crippen LogP contribution in [0.15, 0.2) is 79.5 Å². The number of benzene rings is 2. The van der Waals surface area contributed by atoms with Crippen molar-refractivity contribution in [2.45, 2.75) is 19.3 Å². The van der Waals surface area contributed by atoms with Crippen LogP contribution in [-0.4, -0.2) is 7.05 Å². The van der Waals surface area contributed by atoms with Gasteiger partial charge in [0.25, 0.3) is 0 Å². The number of hydrogen-bond donors (Lipinski definition) is 0. The Morgan fingerprint density at radius 2 is 1.74 bits per heavy atom. The zero-order valence-electron chi connectivity index (χ0n) is 14.1. The van der Waals surface area contributed by atoms with Crippen molar-refractivity contribution in [3.63, 3.8) is 0 Å². The third-order valence-electron chi connectivity index (χ3n) is 4.81. The Morgan fingerprint density at radius 3 is 2.48 bits per heavy atom. The SMILES string of the molecule is C=C/C=C\C(=C)N(C)c1ccc2c(c1)C(C)(C)c1ccccc1-2. The van der Waals surface area contributed by atoms with Crippen LogP contribution in [0, 0.1) is 0 Å². The van der Waals surface area contributed by atoms with Crippen molar-refractivity contribution in [3.05, 3.63) is 90.7 Å². The zero-order valence-corrected chi connectivity index (χ0v) is 14.1. The summed E-state index contributed by atoms with van der Waals surface area (Å²) in [7, 11) is 2.05. The average Bonchev–Trinajstić information content (AvgIpc) is 2.80. The van der Waals surface area contributed by atoms with Crippen molar-refractivity contribution < 1.29 is 0 Å². The smallest absolute Gasteiger partial charge is 0.0411 e. The van der Waals surface area contributed by atoms with Crippen LogP contribution >= 0.6 is 0 Å². The van der Waals surface area contributed by atoms with Gasteiger partial charge in [0.15, 0.2) is 0 Å². The highest BCUT2D eigenvalue weighted by Gasteiger charge is 2.35. The molecule has 23 heavy (non-hydrogen) atoms. The Balaban J connectivity index is 2.05. The normalized spacial score (nSPS) is 14.4. The molecule has 0 unspecified atom stereocenters. The molecule has 0 aliphatic heterocycles. The number of rotatable bonds is 4. The summed E-state index contributed by atoms with van der Waals surface area (Å²) in [6, 6.07) is 15.4. The van der Waals surface area contributed by atoms with Crippen LogP contribution in [0.25, 0.3) is 11.1 Å². The first-order valence-corrected chi connectivity index (χ1v) is 7.93. The van der Waals surface area contributed by atoms with Gasteiger partial charge < -0.3 is 4.90 Å². The van der Waals surface area contributed by atoms with Crippen LogP contribution in [0.3, 0.4) is 0 Å². The van der Waals surface area contributed by atoms with Crippen LogP contribution in [-0.2, 0) is 5.41 Å². The van der Waals surface area contributed by atoms with E-state index in [0.717, 1.165) is 11.4 Å². The lowest BCUT2D eigenvalue weighted by molar-refractivity contribution is 0.660. The molecule has 1 heteroatoms. The van der Waals surface area contributed by atoms with Gasteiger partial charge in [0, 0.05) is 23.8 Å². The second-order valence-electron chi connectivity index (χ2n) is 6.55. The lowest BCUT2D eigenvalue weighted by Crippen LogP contribution is -2.17. The number of hydrogen-bond acceptors (Lipinski definition) is 1. The van der Waals surface area contributed by atoms with E-state index in [1.807, 2.05) is 19.2 Å². The van der Waals surface area contributed by atoms with Crippen LogP contribution < -0.4 is 4.90 Å². The van der Waals surface area contributed by atoms with Crippen LogP contribution in [0.4, 0.5) is 5.69 Å². The van der Waals surface area contributed by atoms with E-state index in [9.17, 15) is 0 Å². The topological polar surface area (TPSA) is 3.24 Å². The fourth-order valence-corrected chi connectivity index (χ4v) is 3.36. The van der Waals surface area contributed by atoms with E-state index in [2.05, 4.69) is 74.4 Å². The van der Waals surface area contributed by atoms with Crippen LogP contribution in [0.5, 0.6) is 0 Å². The molecule has 116 valence electrons. The van der Waals surface area contributed by atoms with E-state index in [1.165, 1.54) is 22.3 Å². The van der Waals surface area contributed by atoms with Gasteiger partial charge >= 0.3 is 0 Å². The molecule has 0 bridgehead atoms. The van der Waals surface area contributed by atoms with Gasteiger partial charge in [-0.3, -0.25) is 0 Å². The Kier molecular flexibility index (Phi) is 3.73. The Morgan fingerprint density at radius 1 is 1.04 bits per heavy atom. The fraction of sp³-hybridized carbons (Fsp3) is 0.182. The maximum absolute atomic E-state index is 4.13. The predicted molar refractivity (Wildman–Crippen MR) is 101 cm³/mol. The van der Waals surface area contributed by atoms with Gasteiger partial charge in [0.05, 0.1) is 0 Å². The summed E-state index contributed by atoms with van der Waals surface area (Å²) < 4.78 is 0. The molecule has 1 nitrogen and oxygen atoms in total. The van der Waals surface area contributed by atoms with Crippen molar-refractivity contribution in [3.8, 4) is 11.1 Å². The third kappa shape index (κ3) is 2.43. The summed E-state index contributed by atoms with van der Waals surface area (Å²) >= 11 is 0. The molecule has 2 aromatic rings. The standard InChI is InChI=1S/C22H23N/c1-6-7-10-16(2)23(5)17-13-14-19-18-11-8-9-12-20(18)22(3,4)21(19)15-17/h6-15H,1-2H2,3-5H3/b10-7-. The van der Waals surface area contributed by atoms with Crippen molar-refractivity contribution in [2.75, 3.05) is 11.9 Å². The van der Waals surface area contributed by atoms with Crippen LogP contribution in [0.2, 0.25) is 0 Å². The summed E-state index contributed by atoms with van der Waals surface area (Å²) in [6.07, 6.45) is 5.65. The Bertz CT molecular complexity index is 808. The van der Waals surface area contributed by atoms with Gasteiger partial charge in [-0.15, -0.1) is 0 Å². The second-order valence-corrected chi connectivity index (χ2v) is 6.55. The molecule has 0 atom stereocenters. The minimum Gasteiger partial charge on any atom is -0.345 e. The van der Waals surface area contributed by atoms with Gasteiger partial charge in [-0.05, 0) is 40.5 Å². The molecule has 0 N–H and O–H groups in total. The number of allylic oxidation sites excluding steroid dienone is 3. The molecule has 0 aromatic heterocycles. The molecule has 2 aromatic carbocycles. The van der Waals surface area contributed by atoms with Gasteiger partial charge in [-0.2, -0.15) is 0 Å². The van der Waals surface area contributed by atoms with E-state index in [1.54, 1.807) is 6.08 Å². The zero-order chi connectivity index (χ0) is 16.6. The fourth-order valence-electron chi connectivity index (χ4n) is 3.36. The minimum atomic E-state index is 0.0288. The molecule has 3 rings (SSSR count). The summed E-state index contributed by atoms with van der Waals surface area (Å²) in [6.45, 7) is 12.4. The second kappa shape index (κ2) is 5.58. The van der Waals surface area contributed by atoms with E-state index < -0.39 is 0 Å². The molecule has 0 heterocycles. The molecule has 1 aliphatic rings. The molecule has 0 spiro atoms. The maximum atomic E-state index is 4.13. The Labute approximate surface area is 139 Å². The molecular weight excluding hydrogens is 278 g/mol. The van der Waals surface area contributed by atoms with Gasteiger partial charge in [-0.25, -0.2) is 0 Å². The highest BCUT2D eigenvalue weighted by molar-refractivity contribution is 5.82. The first-order chi connectivity index (χ1) is 11.0. The third-order valence-corrected chi connectivity index (χ3v) is 4.81. The number of anilines is 1. The molecule has 0 amide bonds. The predicted octanol–water partition coefficient (Wildman–Crippen LogP) is 5.69.